The first kappa shape index (κ1) is 26.4. The fourth-order valence-electron chi connectivity index (χ4n) is 8.42. The van der Waals surface area contributed by atoms with E-state index in [0.29, 0.717) is 6.42 Å². The van der Waals surface area contributed by atoms with Crippen molar-refractivity contribution in [2.45, 2.75) is 57.6 Å². The Morgan fingerprint density at radius 3 is 2.54 bits per heavy atom. The summed E-state index contributed by atoms with van der Waals surface area (Å²) in [4.78, 5) is 25.1. The summed E-state index contributed by atoms with van der Waals surface area (Å²) in [5, 5.41) is 33.1. The Kier molecular flexibility index (Phi) is 6.54. The van der Waals surface area contributed by atoms with E-state index < -0.39 is 70.6 Å². The number of nitrogens with zero attached hydrogens (tertiary/aromatic N) is 1. The maximum atomic E-state index is 17.3. The highest BCUT2D eigenvalue weighted by Crippen LogP contribution is 2.70. The summed E-state index contributed by atoms with van der Waals surface area (Å²) in [6, 6.07) is 9.35. The average molecular weight is 516 g/mol. The maximum Gasteiger partial charge on any atom is 0.178 e. The highest BCUT2D eigenvalue weighted by atomic mass is 19.1. The minimum absolute atomic E-state index is 0.0384. The molecule has 37 heavy (non-hydrogen) atoms. The Morgan fingerprint density at radius 1 is 1.16 bits per heavy atom. The lowest BCUT2D eigenvalue weighted by atomic mass is 9.45. The molecule has 1 aromatic carbocycles. The molecule has 0 aliphatic heterocycles. The molecule has 4 aliphatic carbocycles. The number of hydrogen-bond acceptors (Lipinski definition) is 6. The minimum atomic E-state index is -2.23. The first-order valence-corrected chi connectivity index (χ1v) is 13.0. The zero-order valence-corrected chi connectivity index (χ0v) is 21.2. The van der Waals surface area contributed by atoms with Gasteiger partial charge >= 0.3 is 0 Å². The van der Waals surface area contributed by atoms with Crippen molar-refractivity contribution in [3.05, 3.63) is 59.7 Å². The number of alkyl halides is 2. The van der Waals surface area contributed by atoms with Crippen LogP contribution in [0.1, 0.15) is 38.7 Å². The topological polar surface area (TPSA) is 98.1 Å². The molecule has 6 nitrogen and oxygen atoms in total. The van der Waals surface area contributed by atoms with Crippen LogP contribution < -0.4 is 0 Å². The highest BCUT2D eigenvalue weighted by Gasteiger charge is 2.73. The lowest BCUT2D eigenvalue weighted by Gasteiger charge is -2.62. The monoisotopic (exact) mass is 515 g/mol. The molecule has 0 heterocycles. The second-order valence-corrected chi connectivity index (χ2v) is 11.9. The lowest BCUT2D eigenvalue weighted by molar-refractivity contribution is -0.202. The van der Waals surface area contributed by atoms with Crippen LogP contribution in [0.4, 0.5) is 8.78 Å². The van der Waals surface area contributed by atoms with Gasteiger partial charge in [-0.1, -0.05) is 43.3 Å². The van der Waals surface area contributed by atoms with Gasteiger partial charge in [-0.15, -0.1) is 0 Å². The van der Waals surface area contributed by atoms with Gasteiger partial charge < -0.3 is 15.4 Å². The van der Waals surface area contributed by atoms with E-state index in [1.54, 1.807) is 6.92 Å². The predicted octanol–water partition coefficient (Wildman–Crippen LogP) is 3.60. The number of aliphatic hydroxyl groups excluding tert-OH is 2. The van der Waals surface area contributed by atoms with Gasteiger partial charge in [-0.25, -0.2) is 8.78 Å². The van der Waals surface area contributed by atoms with E-state index in [0.717, 1.165) is 16.7 Å². The number of benzene rings is 1. The smallest absolute Gasteiger partial charge is 0.178 e. The van der Waals surface area contributed by atoms with E-state index in [1.807, 2.05) is 37.3 Å². The zero-order chi connectivity index (χ0) is 26.8. The first-order valence-electron chi connectivity index (χ1n) is 13.0. The summed E-state index contributed by atoms with van der Waals surface area (Å²) in [5.41, 5.74) is -3.66. The zero-order valence-electron chi connectivity index (χ0n) is 21.2. The number of hydrogen-bond donors (Lipinski definition) is 3. The third-order valence-corrected chi connectivity index (χ3v) is 9.96. The number of hydroxylamine groups is 2. The van der Waals surface area contributed by atoms with Crippen molar-refractivity contribution in [2.24, 2.45) is 34.5 Å². The van der Waals surface area contributed by atoms with Gasteiger partial charge in [-0.3, -0.25) is 9.59 Å². The largest absolute Gasteiger partial charge is 0.390 e. The molecule has 0 saturated heterocycles. The van der Waals surface area contributed by atoms with E-state index in [-0.39, 0.29) is 31.5 Å². The van der Waals surface area contributed by atoms with E-state index in [2.05, 4.69) is 0 Å². The molecule has 5 rings (SSSR count). The van der Waals surface area contributed by atoms with Crippen LogP contribution in [-0.2, 0) is 16.1 Å². The number of fused-ring (bicyclic) bond motifs is 5. The molecule has 4 aliphatic rings. The summed E-state index contributed by atoms with van der Waals surface area (Å²) in [5.74, 6) is -3.31. The molecule has 0 aromatic heterocycles. The summed E-state index contributed by atoms with van der Waals surface area (Å²) < 4.78 is 32.9. The van der Waals surface area contributed by atoms with Crippen molar-refractivity contribution in [2.75, 3.05) is 13.2 Å². The highest BCUT2D eigenvalue weighted by molar-refractivity contribution is 6.01. The van der Waals surface area contributed by atoms with Gasteiger partial charge in [0.25, 0.3) is 0 Å². The molecule has 0 bridgehead atoms. The van der Waals surface area contributed by atoms with Crippen LogP contribution in [0.2, 0.25) is 0 Å². The van der Waals surface area contributed by atoms with Gasteiger partial charge in [0.15, 0.2) is 17.2 Å². The maximum absolute atomic E-state index is 17.3. The molecule has 3 N–H and O–H groups in total. The number of allylic oxidation sites excluding steroid dienone is 4. The minimum Gasteiger partial charge on any atom is -0.390 e. The molecule has 3 fully saturated rings. The fraction of sp³-hybridized carbons (Fsp3) is 0.586. The summed E-state index contributed by atoms with van der Waals surface area (Å²) >= 11 is 0. The van der Waals surface area contributed by atoms with E-state index in [4.69, 9.17) is 0 Å². The molecular weight excluding hydrogens is 480 g/mol. The van der Waals surface area contributed by atoms with Gasteiger partial charge in [-0.05, 0) is 66.7 Å². The van der Waals surface area contributed by atoms with Gasteiger partial charge in [-0.2, -0.15) is 5.06 Å². The Morgan fingerprint density at radius 2 is 1.86 bits per heavy atom. The Hall–Kier alpha value is -2.26. The number of carbonyl (C=O) groups excluding carboxylic acids is 2. The Labute approximate surface area is 215 Å². The van der Waals surface area contributed by atoms with Gasteiger partial charge in [0.2, 0.25) is 0 Å². The van der Waals surface area contributed by atoms with Crippen molar-refractivity contribution >= 4 is 11.6 Å². The fourth-order valence-corrected chi connectivity index (χ4v) is 8.42. The third-order valence-electron chi connectivity index (χ3n) is 9.96. The number of aliphatic hydroxyl groups is 2. The quantitative estimate of drug-likeness (QED) is 0.501. The second kappa shape index (κ2) is 9.19. The number of carbonyl (C=O) groups is 2. The molecule has 200 valence electrons. The van der Waals surface area contributed by atoms with Crippen molar-refractivity contribution in [3.8, 4) is 0 Å². The standard InChI is InChI=1S/C29H35F2NO5/c1-27-13-25(36)29(31)21(12-23(30)22-11-19(34)8-9-28(22,29)2)20(27)10-18(26(27)24(35)16-33)15-32(37)14-17-6-4-3-5-7-17/h3-9,11,18,20-21,23,25-26,33,36-37H,10,12-16H2,1-2H3/t18-,20?,21-,23-,25-,26+,27-,28-,29-/m0/s1. The summed E-state index contributed by atoms with van der Waals surface area (Å²) in [7, 11) is 0. The van der Waals surface area contributed by atoms with Crippen LogP contribution in [0.3, 0.4) is 0 Å². The van der Waals surface area contributed by atoms with Gasteiger partial charge in [0.1, 0.15) is 12.8 Å². The predicted molar refractivity (Wildman–Crippen MR) is 132 cm³/mol. The average Bonchev–Trinajstić information content (AvgIpc) is 3.13. The normalized spacial score (nSPS) is 42.7. The van der Waals surface area contributed by atoms with Crippen molar-refractivity contribution < 1.29 is 33.8 Å². The van der Waals surface area contributed by atoms with Crippen LogP contribution in [-0.4, -0.2) is 63.1 Å². The summed E-state index contributed by atoms with van der Waals surface area (Å²) in [6.07, 6.45) is 0.855. The number of rotatable bonds is 6. The van der Waals surface area contributed by atoms with Gasteiger partial charge in [0, 0.05) is 30.3 Å². The Bertz CT molecular complexity index is 1140. The van der Waals surface area contributed by atoms with Crippen LogP contribution in [0.25, 0.3) is 0 Å². The van der Waals surface area contributed by atoms with E-state index >= 15 is 8.78 Å². The number of ketones is 2. The van der Waals surface area contributed by atoms with Crippen LogP contribution >= 0.6 is 0 Å². The molecule has 1 unspecified atom stereocenters. The van der Waals surface area contributed by atoms with Gasteiger partial charge in [0.05, 0.1) is 6.10 Å². The molecule has 1 aromatic rings. The van der Waals surface area contributed by atoms with Crippen molar-refractivity contribution in [3.63, 3.8) is 0 Å². The van der Waals surface area contributed by atoms with Crippen LogP contribution in [0.5, 0.6) is 0 Å². The SMILES string of the molecule is C[C@]12C[C@H](O)[C@@]3(F)[C@@H](C[C@H](F)C4=CC(=O)C=C[C@@]43C)C1C[C@@H](CN(O)Cc1ccccc1)[C@@H]2C(=O)CO. The number of halogens is 2. The van der Waals surface area contributed by atoms with Crippen LogP contribution in [0.15, 0.2) is 54.1 Å². The molecule has 3 saturated carbocycles. The van der Waals surface area contributed by atoms with Crippen LogP contribution in [0, 0.1) is 34.5 Å². The number of Topliss-reactive ketones (excluding diaryl/α,β-unsaturated/α-hetero) is 1. The molecule has 0 radical (unpaired) electrons. The second-order valence-electron chi connectivity index (χ2n) is 11.9. The third kappa shape index (κ3) is 3.87. The molecule has 0 spiro atoms. The first-order chi connectivity index (χ1) is 17.5. The molecular formula is C29H35F2NO5. The van der Waals surface area contributed by atoms with Crippen molar-refractivity contribution in [1.82, 2.24) is 5.06 Å². The van der Waals surface area contributed by atoms with E-state index in [9.17, 15) is 25.0 Å². The lowest BCUT2D eigenvalue weighted by Crippen LogP contribution is -2.68. The molecule has 9 atom stereocenters. The molecule has 8 heteroatoms. The van der Waals surface area contributed by atoms with E-state index in [1.165, 1.54) is 12.2 Å². The Balaban J connectivity index is 1.50. The van der Waals surface area contributed by atoms with Crippen molar-refractivity contribution in [1.29, 1.82) is 0 Å². The molecule has 0 amide bonds. The summed E-state index contributed by atoms with van der Waals surface area (Å²) in [6.45, 7) is 3.03.